The van der Waals surface area contributed by atoms with E-state index in [9.17, 15) is 9.59 Å². The minimum Gasteiger partial charge on any atom is -0.338 e. The van der Waals surface area contributed by atoms with Crippen molar-refractivity contribution >= 4 is 52.5 Å². The summed E-state index contributed by atoms with van der Waals surface area (Å²) in [6.45, 7) is 2.17. The molecule has 2 aromatic carbocycles. The molecule has 10 N–H and O–H groups in total. The van der Waals surface area contributed by atoms with Gasteiger partial charge in [0.2, 0.25) is 23.8 Å². The number of carbonyl (C=O) groups is 2. The van der Waals surface area contributed by atoms with E-state index in [2.05, 4.69) is 20.6 Å². The van der Waals surface area contributed by atoms with Gasteiger partial charge in [-0.25, -0.2) is 0 Å². The highest BCUT2D eigenvalue weighted by Crippen LogP contribution is 2.25. The summed E-state index contributed by atoms with van der Waals surface area (Å²) in [7, 11) is 0. The molecule has 3 heterocycles. The molecule has 0 unspecified atom stereocenters. The molecule has 14 heteroatoms. The lowest BCUT2D eigenvalue weighted by Gasteiger charge is -2.35. The van der Waals surface area contributed by atoms with E-state index in [1.165, 1.54) is 0 Å². The molecule has 0 aliphatic carbocycles. The van der Waals surface area contributed by atoms with Gasteiger partial charge in [0.25, 0.3) is 0 Å². The summed E-state index contributed by atoms with van der Waals surface area (Å²) in [5.41, 5.74) is 26.2. The van der Waals surface area contributed by atoms with Crippen LogP contribution in [0.25, 0.3) is 0 Å². The number of rotatable bonds is 8. The minimum absolute atomic E-state index is 0.0964. The van der Waals surface area contributed by atoms with Gasteiger partial charge in [-0.1, -0.05) is 23.7 Å². The number of carbonyl (C=O) groups excluding carboxylic acids is 2. The summed E-state index contributed by atoms with van der Waals surface area (Å²) < 4.78 is 0. The van der Waals surface area contributed by atoms with Crippen molar-refractivity contribution < 1.29 is 9.59 Å². The summed E-state index contributed by atoms with van der Waals surface area (Å²) >= 11 is 6.08. The Kier molecular flexibility index (Phi) is 8.61. The number of nitrogens with one attached hydrogen (secondary N) is 2. The topological polar surface area (TPSA) is 207 Å². The number of nitrogens with two attached hydrogens (primary N) is 4. The number of hydrogen-bond donors (Lipinski definition) is 6. The van der Waals surface area contributed by atoms with E-state index >= 15 is 0 Å². The molecule has 2 aliphatic heterocycles. The van der Waals surface area contributed by atoms with Gasteiger partial charge in [-0.05, 0) is 42.8 Å². The Bertz CT molecular complexity index is 1390. The van der Waals surface area contributed by atoms with Crippen molar-refractivity contribution in [3.05, 3.63) is 59.1 Å². The third-order valence-electron chi connectivity index (χ3n) is 7.04. The van der Waals surface area contributed by atoms with Crippen LogP contribution in [-0.2, 0) is 4.79 Å². The molecule has 2 fully saturated rings. The van der Waals surface area contributed by atoms with Crippen molar-refractivity contribution in [2.24, 2.45) is 22.9 Å². The molecule has 1 amide bonds. The van der Waals surface area contributed by atoms with Gasteiger partial charge >= 0.3 is 0 Å². The smallest absolute Gasteiger partial charge is 0.233 e. The summed E-state index contributed by atoms with van der Waals surface area (Å²) in [6.07, 6.45) is 0.403. The van der Waals surface area contributed by atoms with E-state index in [1.54, 1.807) is 48.5 Å². The van der Waals surface area contributed by atoms with Crippen LogP contribution in [0.5, 0.6) is 0 Å². The lowest BCUT2D eigenvalue weighted by molar-refractivity contribution is -0.115. The van der Waals surface area contributed by atoms with Gasteiger partial charge in [0.1, 0.15) is 0 Å². The minimum atomic E-state index is -0.450. The first-order valence-corrected chi connectivity index (χ1v) is 13.8. The van der Waals surface area contributed by atoms with Crippen molar-refractivity contribution in [1.82, 2.24) is 15.0 Å². The summed E-state index contributed by atoms with van der Waals surface area (Å²) in [4.78, 5) is 42.9. The second-order valence-corrected chi connectivity index (χ2v) is 10.9. The fourth-order valence-electron chi connectivity index (χ4n) is 4.93. The largest absolute Gasteiger partial charge is 0.338 e. The molecule has 1 aromatic heterocycles. The number of ketones is 1. The quantitative estimate of drug-likeness (QED) is 0.162. The first kappa shape index (κ1) is 28.6. The molecule has 0 spiro atoms. The molecule has 2 aliphatic rings. The van der Waals surface area contributed by atoms with Gasteiger partial charge in [0.05, 0.1) is 17.1 Å². The second kappa shape index (κ2) is 12.3. The van der Waals surface area contributed by atoms with Gasteiger partial charge in [-0.15, -0.1) is 0 Å². The Hall–Kier alpha value is -3.88. The van der Waals surface area contributed by atoms with Gasteiger partial charge in [-0.3, -0.25) is 9.59 Å². The SMILES string of the molecule is N[C@@H]1C[C@H](N)CN(c2nc(Nc3ccc(C(=O)CC(=O)Nc4ccccc4Cl)cc3)nc(N3C[C@@H](N)[C@@H](N)C3)n2)C1. The van der Waals surface area contributed by atoms with Crippen molar-refractivity contribution in [3.8, 4) is 0 Å². The molecule has 2 saturated heterocycles. The number of piperidine rings is 1. The van der Waals surface area contributed by atoms with E-state index in [4.69, 9.17) is 39.5 Å². The molecule has 0 bridgehead atoms. The van der Waals surface area contributed by atoms with Gasteiger partial charge < -0.3 is 43.4 Å². The number of benzene rings is 2. The molecule has 216 valence electrons. The molecular weight excluding hydrogens is 546 g/mol. The molecule has 4 atom stereocenters. The predicted octanol–water partition coefficient (Wildman–Crippen LogP) is 0.819. The van der Waals surface area contributed by atoms with E-state index in [1.807, 2.05) is 9.80 Å². The number of nitrogens with zero attached hydrogens (tertiary/aromatic N) is 5. The van der Waals surface area contributed by atoms with Crippen LogP contribution in [0.3, 0.4) is 0 Å². The van der Waals surface area contributed by atoms with Crippen molar-refractivity contribution in [3.63, 3.8) is 0 Å². The third-order valence-corrected chi connectivity index (χ3v) is 7.37. The number of Topliss-reactive ketones (excluding diaryl/α,β-unsaturated/α-hetero) is 1. The molecule has 5 rings (SSSR count). The van der Waals surface area contributed by atoms with E-state index in [0.29, 0.717) is 66.0 Å². The summed E-state index contributed by atoms with van der Waals surface area (Å²) in [5, 5.41) is 6.25. The third kappa shape index (κ3) is 7.07. The van der Waals surface area contributed by atoms with Crippen LogP contribution in [0.15, 0.2) is 48.5 Å². The standard InChI is InChI=1S/C27H34ClN11O2/c28-19-3-1-2-4-22(19)34-24(41)10-23(40)15-5-7-18(8-6-15)33-25-35-26(38-11-16(29)9-17(30)12-38)37-27(36-25)39-13-20(31)21(32)14-39/h1-8,16-17,20-21H,9-14,29-32H2,(H,34,41)(H,33,35,36,37)/t16-,17+,20-,21+. The molecule has 13 nitrogen and oxygen atoms in total. The monoisotopic (exact) mass is 579 g/mol. The number of hydrogen-bond acceptors (Lipinski definition) is 12. The summed E-state index contributed by atoms with van der Waals surface area (Å²) in [6, 6.07) is 13.0. The lowest BCUT2D eigenvalue weighted by Crippen LogP contribution is -2.53. The Labute approximate surface area is 242 Å². The van der Waals surface area contributed by atoms with Crippen LogP contribution < -0.4 is 43.4 Å². The molecule has 3 aromatic rings. The van der Waals surface area contributed by atoms with Crippen molar-refractivity contribution in [2.75, 3.05) is 46.6 Å². The number of halogens is 1. The van der Waals surface area contributed by atoms with E-state index in [0.717, 1.165) is 6.42 Å². The van der Waals surface area contributed by atoms with Crippen molar-refractivity contribution in [2.45, 2.75) is 37.0 Å². The highest BCUT2D eigenvalue weighted by Gasteiger charge is 2.31. The molecule has 41 heavy (non-hydrogen) atoms. The predicted molar refractivity (Wildman–Crippen MR) is 160 cm³/mol. The van der Waals surface area contributed by atoms with Gasteiger partial charge in [-0.2, -0.15) is 15.0 Å². The van der Waals surface area contributed by atoms with E-state index < -0.39 is 5.91 Å². The Morgan fingerprint density at radius 1 is 0.829 bits per heavy atom. The van der Waals surface area contributed by atoms with Crippen molar-refractivity contribution in [1.29, 1.82) is 0 Å². The van der Waals surface area contributed by atoms with Gasteiger partial charge in [0, 0.05) is 61.6 Å². The van der Waals surface area contributed by atoms with Crippen LogP contribution in [0, 0.1) is 0 Å². The number of para-hydroxylation sites is 1. The highest BCUT2D eigenvalue weighted by atomic mass is 35.5. The van der Waals surface area contributed by atoms with E-state index in [-0.39, 0.29) is 36.4 Å². The Morgan fingerprint density at radius 3 is 2.02 bits per heavy atom. The van der Waals surface area contributed by atoms with Crippen LogP contribution in [-0.4, -0.2) is 77.0 Å². The molecule has 0 radical (unpaired) electrons. The van der Waals surface area contributed by atoms with Crippen LogP contribution >= 0.6 is 11.6 Å². The maximum atomic E-state index is 12.7. The fourth-order valence-corrected chi connectivity index (χ4v) is 5.11. The zero-order valence-corrected chi connectivity index (χ0v) is 23.2. The highest BCUT2D eigenvalue weighted by molar-refractivity contribution is 6.33. The summed E-state index contributed by atoms with van der Waals surface area (Å²) in [5.74, 6) is 0.433. The average molecular weight is 580 g/mol. The maximum Gasteiger partial charge on any atom is 0.233 e. The zero-order chi connectivity index (χ0) is 29.1. The van der Waals surface area contributed by atoms with Crippen LogP contribution in [0.2, 0.25) is 5.02 Å². The number of anilines is 5. The lowest BCUT2D eigenvalue weighted by atomic mass is 10.0. The fraction of sp³-hybridized carbons (Fsp3) is 0.370. The number of aromatic nitrogens is 3. The zero-order valence-electron chi connectivity index (χ0n) is 22.4. The first-order chi connectivity index (χ1) is 19.6. The van der Waals surface area contributed by atoms with Crippen LogP contribution in [0.1, 0.15) is 23.2 Å². The normalized spacial score (nSPS) is 22.5. The molecular formula is C27H34ClN11O2. The van der Waals surface area contributed by atoms with Gasteiger partial charge in [0.15, 0.2) is 5.78 Å². The Balaban J connectivity index is 1.30. The number of amides is 1. The van der Waals surface area contributed by atoms with Crippen LogP contribution in [0.4, 0.5) is 29.2 Å². The molecule has 0 saturated carbocycles. The average Bonchev–Trinajstić information content (AvgIpc) is 3.27. The second-order valence-electron chi connectivity index (χ2n) is 10.5. The first-order valence-electron chi connectivity index (χ1n) is 13.4. The Morgan fingerprint density at radius 2 is 1.41 bits per heavy atom. The maximum absolute atomic E-state index is 12.7.